The molecule has 0 bridgehead atoms. The summed E-state index contributed by atoms with van der Waals surface area (Å²) in [6.45, 7) is 3.69. The number of anilines is 1. The fourth-order valence-corrected chi connectivity index (χ4v) is 6.23. The highest BCUT2D eigenvalue weighted by molar-refractivity contribution is 9.10. The quantitative estimate of drug-likeness (QED) is 0.142. The molecule has 4 aromatic rings. The van der Waals surface area contributed by atoms with E-state index in [1.54, 1.807) is 42.5 Å². The van der Waals surface area contributed by atoms with Gasteiger partial charge in [-0.15, -0.1) is 0 Å². The second-order valence-corrected chi connectivity index (χ2v) is 12.5. The predicted octanol–water partition coefficient (Wildman–Crippen LogP) is 6.65. The van der Waals surface area contributed by atoms with Crippen molar-refractivity contribution in [3.05, 3.63) is 117 Å². The van der Waals surface area contributed by atoms with Crippen molar-refractivity contribution < 1.29 is 22.7 Å². The molecule has 0 aliphatic rings. The third-order valence-corrected chi connectivity index (χ3v) is 8.86. The van der Waals surface area contributed by atoms with Crippen molar-refractivity contribution in [2.45, 2.75) is 25.3 Å². The number of nitrogens with zero attached hydrogens (tertiary/aromatic N) is 2. The number of ether oxygens (including phenoxy) is 2. The van der Waals surface area contributed by atoms with Gasteiger partial charge in [-0.3, -0.25) is 9.10 Å². The molecular formula is C31H29BrClN3O5S. The predicted molar refractivity (Wildman–Crippen MR) is 169 cm³/mol. The number of amides is 1. The molecule has 8 nitrogen and oxygen atoms in total. The molecule has 0 fully saturated rings. The van der Waals surface area contributed by atoms with Crippen molar-refractivity contribution in [1.82, 2.24) is 5.43 Å². The molecule has 4 rings (SSSR count). The van der Waals surface area contributed by atoms with Crippen LogP contribution in [-0.4, -0.2) is 34.2 Å². The lowest BCUT2D eigenvalue weighted by molar-refractivity contribution is -0.119. The first-order chi connectivity index (χ1) is 20.1. The minimum Gasteiger partial charge on any atom is -0.493 e. The van der Waals surface area contributed by atoms with Crippen LogP contribution in [0.25, 0.3) is 0 Å². The topological polar surface area (TPSA) is 97.3 Å². The maximum atomic E-state index is 13.5. The van der Waals surface area contributed by atoms with Gasteiger partial charge >= 0.3 is 0 Å². The highest BCUT2D eigenvalue weighted by atomic mass is 79.9. The smallest absolute Gasteiger partial charge is 0.264 e. The summed E-state index contributed by atoms with van der Waals surface area (Å²) < 4.78 is 40.2. The summed E-state index contributed by atoms with van der Waals surface area (Å²) in [5.74, 6) is 0.334. The summed E-state index contributed by atoms with van der Waals surface area (Å²) >= 11 is 9.85. The zero-order chi connectivity index (χ0) is 30.3. The Morgan fingerprint density at radius 2 is 1.64 bits per heavy atom. The van der Waals surface area contributed by atoms with Crippen LogP contribution in [0.3, 0.4) is 0 Å². The van der Waals surface area contributed by atoms with Crippen LogP contribution in [0, 0.1) is 13.8 Å². The van der Waals surface area contributed by atoms with Crippen LogP contribution in [0.15, 0.2) is 99.4 Å². The molecule has 0 aromatic heterocycles. The number of halogens is 2. The molecule has 0 aliphatic heterocycles. The van der Waals surface area contributed by atoms with Gasteiger partial charge in [-0.1, -0.05) is 71.3 Å². The number of rotatable bonds is 11. The first-order valence-corrected chi connectivity index (χ1v) is 15.4. The Hall–Kier alpha value is -3.86. The highest BCUT2D eigenvalue weighted by Gasteiger charge is 2.28. The van der Waals surface area contributed by atoms with Gasteiger partial charge < -0.3 is 9.47 Å². The summed E-state index contributed by atoms with van der Waals surface area (Å²) in [4.78, 5) is 13.0. The summed E-state index contributed by atoms with van der Waals surface area (Å²) in [7, 11) is -2.58. The first kappa shape index (κ1) is 31.1. The van der Waals surface area contributed by atoms with Crippen LogP contribution < -0.4 is 19.2 Å². The van der Waals surface area contributed by atoms with Gasteiger partial charge in [-0.2, -0.15) is 5.10 Å². The maximum Gasteiger partial charge on any atom is 0.264 e. The number of sulfonamides is 1. The molecule has 1 amide bonds. The average molecular weight is 671 g/mol. The second-order valence-electron chi connectivity index (χ2n) is 9.38. The van der Waals surface area contributed by atoms with E-state index in [0.717, 1.165) is 21.0 Å². The fraction of sp³-hybridized carbons (Fsp3) is 0.161. The Labute approximate surface area is 259 Å². The lowest BCUT2D eigenvalue weighted by atomic mass is 10.2. The minimum atomic E-state index is -4.11. The van der Waals surface area contributed by atoms with E-state index < -0.39 is 22.5 Å². The number of benzene rings is 4. The largest absolute Gasteiger partial charge is 0.493 e. The lowest BCUT2D eigenvalue weighted by Crippen LogP contribution is -2.39. The van der Waals surface area contributed by atoms with E-state index >= 15 is 0 Å². The number of hydrazone groups is 1. The Kier molecular flexibility index (Phi) is 10.3. The van der Waals surface area contributed by atoms with Crippen molar-refractivity contribution >= 4 is 55.4 Å². The minimum absolute atomic E-state index is 0.0333. The summed E-state index contributed by atoms with van der Waals surface area (Å²) in [6, 6.07) is 24.3. The molecule has 218 valence electrons. The van der Waals surface area contributed by atoms with E-state index in [2.05, 4.69) is 26.5 Å². The van der Waals surface area contributed by atoms with Crippen LogP contribution in [0.4, 0.5) is 5.69 Å². The number of aryl methyl sites for hydroxylation is 2. The molecule has 0 saturated carbocycles. The van der Waals surface area contributed by atoms with Gasteiger partial charge in [0.25, 0.3) is 15.9 Å². The Morgan fingerprint density at radius 3 is 2.29 bits per heavy atom. The first-order valence-electron chi connectivity index (χ1n) is 12.8. The molecule has 42 heavy (non-hydrogen) atoms. The normalized spacial score (nSPS) is 11.4. The van der Waals surface area contributed by atoms with Crippen LogP contribution in [0.5, 0.6) is 11.5 Å². The number of nitrogens with one attached hydrogen (secondary N) is 1. The number of hydrogen-bond donors (Lipinski definition) is 1. The monoisotopic (exact) mass is 669 g/mol. The van der Waals surface area contributed by atoms with Gasteiger partial charge in [0.15, 0.2) is 11.5 Å². The van der Waals surface area contributed by atoms with E-state index in [1.807, 2.05) is 38.1 Å². The lowest BCUT2D eigenvalue weighted by Gasteiger charge is -2.24. The van der Waals surface area contributed by atoms with Crippen molar-refractivity contribution in [2.75, 3.05) is 18.0 Å². The van der Waals surface area contributed by atoms with Crippen molar-refractivity contribution in [2.24, 2.45) is 5.10 Å². The fourth-order valence-electron chi connectivity index (χ4n) is 3.93. The van der Waals surface area contributed by atoms with Gasteiger partial charge in [0.2, 0.25) is 0 Å². The molecule has 1 N–H and O–H groups in total. The zero-order valence-electron chi connectivity index (χ0n) is 23.2. The second kappa shape index (κ2) is 13.9. The third-order valence-electron chi connectivity index (χ3n) is 6.18. The molecular weight excluding hydrogens is 642 g/mol. The van der Waals surface area contributed by atoms with E-state index in [-0.39, 0.29) is 15.6 Å². The maximum absolute atomic E-state index is 13.5. The van der Waals surface area contributed by atoms with E-state index in [1.165, 1.54) is 31.5 Å². The molecule has 0 heterocycles. The number of methoxy groups -OCH3 is 1. The Morgan fingerprint density at radius 1 is 1.00 bits per heavy atom. The molecule has 0 spiro atoms. The number of hydrogen-bond acceptors (Lipinski definition) is 6. The van der Waals surface area contributed by atoms with Gasteiger partial charge in [-0.25, -0.2) is 13.8 Å². The Balaban J connectivity index is 1.49. The average Bonchev–Trinajstić information content (AvgIpc) is 2.96. The van der Waals surface area contributed by atoms with Gasteiger partial charge in [-0.05, 0) is 77.3 Å². The van der Waals surface area contributed by atoms with Gasteiger partial charge in [0, 0.05) is 0 Å². The standard InChI is InChI=1S/C31H29BrClN3O5S/c1-21-8-12-23(13-9-21)20-41-31-26(32)16-24(17-29(31)40-3)18-34-35-30(37)19-36(28-7-5-4-6-27(28)33)42(38,39)25-14-10-22(2)11-15-25/h4-18H,19-20H2,1-3H3,(H,35,37)/b34-18-. The molecule has 4 aromatic carbocycles. The van der Waals surface area contributed by atoms with Crippen LogP contribution >= 0.6 is 27.5 Å². The highest BCUT2D eigenvalue weighted by Crippen LogP contribution is 2.37. The van der Waals surface area contributed by atoms with Crippen molar-refractivity contribution in [1.29, 1.82) is 0 Å². The van der Waals surface area contributed by atoms with Gasteiger partial charge in [0.1, 0.15) is 13.2 Å². The van der Waals surface area contributed by atoms with Crippen LogP contribution in [0.1, 0.15) is 22.3 Å². The molecule has 0 radical (unpaired) electrons. The summed E-state index contributed by atoms with van der Waals surface area (Å²) in [6.07, 6.45) is 1.42. The SMILES string of the molecule is COc1cc(/C=N\NC(=O)CN(c2ccccc2Cl)S(=O)(=O)c2ccc(C)cc2)cc(Br)c1OCc1ccc(C)cc1. The van der Waals surface area contributed by atoms with E-state index in [0.29, 0.717) is 28.1 Å². The van der Waals surface area contributed by atoms with E-state index in [9.17, 15) is 13.2 Å². The molecule has 0 saturated heterocycles. The number of carbonyl (C=O) groups excluding carboxylic acids is 1. The van der Waals surface area contributed by atoms with E-state index in [4.69, 9.17) is 21.1 Å². The molecule has 0 unspecified atom stereocenters. The van der Waals surface area contributed by atoms with Crippen molar-refractivity contribution in [3.63, 3.8) is 0 Å². The summed E-state index contributed by atoms with van der Waals surface area (Å²) in [5, 5.41) is 4.22. The molecule has 0 aliphatic carbocycles. The molecule has 11 heteroatoms. The van der Waals surface area contributed by atoms with Crippen LogP contribution in [0.2, 0.25) is 5.02 Å². The van der Waals surface area contributed by atoms with Crippen molar-refractivity contribution in [3.8, 4) is 11.5 Å². The third kappa shape index (κ3) is 7.70. The van der Waals surface area contributed by atoms with Crippen LogP contribution in [-0.2, 0) is 21.4 Å². The molecule has 0 atom stereocenters. The zero-order valence-corrected chi connectivity index (χ0v) is 26.3. The number of para-hydroxylation sites is 1. The summed E-state index contributed by atoms with van der Waals surface area (Å²) in [5.41, 5.74) is 6.26. The van der Waals surface area contributed by atoms with Gasteiger partial charge in [0.05, 0.1) is 33.4 Å². The number of carbonyl (C=O) groups is 1. The Bertz CT molecular complexity index is 1700.